The lowest BCUT2D eigenvalue weighted by molar-refractivity contribution is 0.334. The first kappa shape index (κ1) is 22.3. The van der Waals surface area contributed by atoms with Crippen molar-refractivity contribution in [1.29, 1.82) is 0 Å². The first-order valence-corrected chi connectivity index (χ1v) is 11.4. The van der Waals surface area contributed by atoms with Crippen LogP contribution in [0.3, 0.4) is 0 Å². The Morgan fingerprint density at radius 3 is 2.22 bits per heavy atom. The van der Waals surface area contributed by atoms with E-state index in [2.05, 4.69) is 43.5 Å². The van der Waals surface area contributed by atoms with Gasteiger partial charge in [0.15, 0.2) is 11.6 Å². The van der Waals surface area contributed by atoms with E-state index in [1.165, 1.54) is 42.9 Å². The average Bonchev–Trinajstić information content (AvgIpc) is 2.84. The van der Waals surface area contributed by atoms with Crippen molar-refractivity contribution in [3.05, 3.63) is 102 Å². The molecule has 0 N–H and O–H groups in total. The summed E-state index contributed by atoms with van der Waals surface area (Å²) in [6.07, 6.45) is 10.2. The second-order valence-electron chi connectivity index (χ2n) is 8.75. The number of benzene rings is 3. The Kier molecular flexibility index (Phi) is 7.04. The highest BCUT2D eigenvalue weighted by Gasteiger charge is 2.20. The van der Waals surface area contributed by atoms with Gasteiger partial charge in [-0.2, -0.15) is 4.39 Å². The minimum absolute atomic E-state index is 0.0827. The molecule has 0 amide bonds. The molecule has 1 aliphatic carbocycles. The summed E-state index contributed by atoms with van der Waals surface area (Å²) >= 11 is 0. The van der Waals surface area contributed by atoms with Gasteiger partial charge in [0, 0.05) is 5.39 Å². The third-order valence-corrected chi connectivity index (χ3v) is 6.67. The van der Waals surface area contributed by atoms with Gasteiger partial charge in [0.25, 0.3) is 0 Å². The average molecular weight is 433 g/mol. The summed E-state index contributed by atoms with van der Waals surface area (Å²) in [5.74, 6) is -0.565. The number of hydrogen-bond acceptors (Lipinski definition) is 1. The molecule has 0 heterocycles. The Bertz CT molecular complexity index is 1090. The molecule has 0 saturated heterocycles. The predicted octanol–water partition coefficient (Wildman–Crippen LogP) is 7.93. The Morgan fingerprint density at radius 2 is 1.53 bits per heavy atom. The first-order chi connectivity index (χ1) is 15.6. The number of fused-ring (bicyclic) bond motifs is 1. The molecule has 4 rings (SSSR count). The molecule has 166 valence electrons. The summed E-state index contributed by atoms with van der Waals surface area (Å²) in [5, 5.41) is 0.915. The predicted molar refractivity (Wildman–Crippen MR) is 128 cm³/mol. The van der Waals surface area contributed by atoms with Gasteiger partial charge < -0.3 is 4.74 Å². The van der Waals surface area contributed by atoms with Gasteiger partial charge in [-0.05, 0) is 84.6 Å². The van der Waals surface area contributed by atoms with Crippen LogP contribution in [0.4, 0.5) is 8.78 Å². The van der Waals surface area contributed by atoms with Crippen molar-refractivity contribution >= 4 is 10.8 Å². The van der Waals surface area contributed by atoms with Crippen molar-refractivity contribution in [2.75, 3.05) is 6.61 Å². The minimum atomic E-state index is -0.950. The van der Waals surface area contributed by atoms with E-state index < -0.39 is 11.6 Å². The van der Waals surface area contributed by atoms with Crippen molar-refractivity contribution < 1.29 is 13.5 Å². The summed E-state index contributed by atoms with van der Waals surface area (Å²) in [5.41, 5.74) is 3.67. The summed E-state index contributed by atoms with van der Waals surface area (Å²) in [6.45, 7) is 7.60. The second-order valence-corrected chi connectivity index (χ2v) is 8.75. The van der Waals surface area contributed by atoms with E-state index in [-0.39, 0.29) is 17.7 Å². The molecule has 32 heavy (non-hydrogen) atoms. The maximum absolute atomic E-state index is 14.6. The lowest BCUT2D eigenvalue weighted by Gasteiger charge is -2.27. The van der Waals surface area contributed by atoms with Gasteiger partial charge in [0.05, 0.1) is 0 Å². The molecule has 1 nitrogen and oxygen atoms in total. The Labute approximate surface area is 189 Å². The van der Waals surface area contributed by atoms with Crippen LogP contribution < -0.4 is 4.74 Å². The third kappa shape index (κ3) is 4.93. The van der Waals surface area contributed by atoms with Gasteiger partial charge in [0.2, 0.25) is 5.82 Å². The maximum atomic E-state index is 14.6. The molecule has 0 bridgehead atoms. The monoisotopic (exact) mass is 432 g/mol. The second kappa shape index (κ2) is 10.1. The molecule has 0 unspecified atom stereocenters. The van der Waals surface area contributed by atoms with Gasteiger partial charge >= 0.3 is 0 Å². The molecule has 3 aromatic carbocycles. The van der Waals surface area contributed by atoms with Crippen molar-refractivity contribution in [2.24, 2.45) is 5.92 Å². The molecule has 0 atom stereocenters. The lowest BCUT2D eigenvalue weighted by Crippen LogP contribution is -2.11. The van der Waals surface area contributed by atoms with Crippen LogP contribution in [0.1, 0.15) is 48.3 Å². The molecule has 3 aromatic rings. The molecule has 3 heteroatoms. The quantitative estimate of drug-likeness (QED) is 0.328. The SMILES string of the molecule is C=CCOc1cc2ccc(CCc3ccc(C4CCC(C=C)CC4)cc3)cc2c(F)c1F. The minimum Gasteiger partial charge on any atom is -0.486 e. The fourth-order valence-electron chi connectivity index (χ4n) is 4.69. The van der Waals surface area contributed by atoms with E-state index in [0.29, 0.717) is 17.2 Å². The van der Waals surface area contributed by atoms with E-state index in [9.17, 15) is 8.78 Å². The fraction of sp³-hybridized carbons (Fsp3) is 0.310. The molecule has 0 radical (unpaired) electrons. The van der Waals surface area contributed by atoms with Crippen LogP contribution in [0.15, 0.2) is 73.8 Å². The molecule has 1 saturated carbocycles. The third-order valence-electron chi connectivity index (χ3n) is 6.67. The highest BCUT2D eigenvalue weighted by molar-refractivity contribution is 5.85. The fourth-order valence-corrected chi connectivity index (χ4v) is 4.69. The van der Waals surface area contributed by atoms with Crippen LogP contribution in [0, 0.1) is 17.6 Å². The molecule has 1 fully saturated rings. The molecule has 0 aliphatic heterocycles. The summed E-state index contributed by atoms with van der Waals surface area (Å²) in [4.78, 5) is 0. The molecule has 0 spiro atoms. The van der Waals surface area contributed by atoms with Gasteiger partial charge in [-0.1, -0.05) is 55.1 Å². The van der Waals surface area contributed by atoms with Gasteiger partial charge in [0.1, 0.15) is 6.61 Å². The van der Waals surface area contributed by atoms with Crippen LogP contribution in [0.25, 0.3) is 10.8 Å². The van der Waals surface area contributed by atoms with E-state index in [4.69, 9.17) is 4.74 Å². The van der Waals surface area contributed by atoms with Crippen molar-refractivity contribution in [3.63, 3.8) is 0 Å². The molecular weight excluding hydrogens is 402 g/mol. The molecule has 1 aliphatic rings. The topological polar surface area (TPSA) is 9.23 Å². The highest BCUT2D eigenvalue weighted by Crippen LogP contribution is 2.36. The number of allylic oxidation sites excluding steroid dienone is 1. The van der Waals surface area contributed by atoms with Gasteiger partial charge in [-0.25, -0.2) is 4.39 Å². The summed E-state index contributed by atoms with van der Waals surface area (Å²) in [7, 11) is 0. The van der Waals surface area contributed by atoms with Crippen molar-refractivity contribution in [1.82, 2.24) is 0 Å². The smallest absolute Gasteiger partial charge is 0.201 e. The number of halogens is 2. The van der Waals surface area contributed by atoms with Crippen molar-refractivity contribution in [3.8, 4) is 5.75 Å². The highest BCUT2D eigenvalue weighted by atomic mass is 19.2. The number of rotatable bonds is 8. The number of aryl methyl sites for hydroxylation is 2. The van der Waals surface area contributed by atoms with Crippen LogP contribution in [0.5, 0.6) is 5.75 Å². The van der Waals surface area contributed by atoms with Gasteiger partial charge in [-0.3, -0.25) is 0 Å². The number of ether oxygens (including phenoxy) is 1. The summed E-state index contributed by atoms with van der Waals surface area (Å²) in [6, 6.07) is 16.0. The van der Waals surface area contributed by atoms with Crippen molar-refractivity contribution in [2.45, 2.75) is 44.4 Å². The van der Waals surface area contributed by atoms with Gasteiger partial charge in [-0.15, -0.1) is 6.58 Å². The van der Waals surface area contributed by atoms with E-state index in [0.717, 1.165) is 18.4 Å². The Morgan fingerprint density at radius 1 is 0.844 bits per heavy atom. The van der Waals surface area contributed by atoms with E-state index in [1.807, 2.05) is 12.1 Å². The first-order valence-electron chi connectivity index (χ1n) is 11.4. The lowest BCUT2D eigenvalue weighted by atomic mass is 9.78. The van der Waals surface area contributed by atoms with E-state index in [1.54, 1.807) is 12.1 Å². The van der Waals surface area contributed by atoms with Crippen LogP contribution >= 0.6 is 0 Å². The zero-order valence-corrected chi connectivity index (χ0v) is 18.5. The summed E-state index contributed by atoms with van der Waals surface area (Å²) < 4.78 is 34.2. The Balaban J connectivity index is 1.42. The maximum Gasteiger partial charge on any atom is 0.201 e. The normalized spacial score (nSPS) is 18.4. The standard InChI is InChI=1S/C29H30F2O/c1-3-17-32-27-19-25-16-11-22(18-26(25)28(30)29(27)31)6-5-21-9-14-24(15-10-21)23-12-7-20(4-2)8-13-23/h3-4,9-11,14-16,18-20,23H,1-2,5-8,12-13,17H2. The largest absolute Gasteiger partial charge is 0.486 e. The van der Waals surface area contributed by atoms with Crippen LogP contribution in [0.2, 0.25) is 0 Å². The number of hydrogen-bond donors (Lipinski definition) is 0. The molecule has 0 aromatic heterocycles. The molecular formula is C29H30F2O. The van der Waals surface area contributed by atoms with Crippen LogP contribution in [-0.2, 0) is 12.8 Å². The van der Waals surface area contributed by atoms with Crippen LogP contribution in [-0.4, -0.2) is 6.61 Å². The zero-order chi connectivity index (χ0) is 22.5. The Hall–Kier alpha value is -2.94. The van der Waals surface area contributed by atoms with E-state index >= 15 is 0 Å². The zero-order valence-electron chi connectivity index (χ0n) is 18.5.